The molecule has 38 heavy (non-hydrogen) atoms. The fraction of sp³-hybridized carbons (Fsp3) is 0.290. The first kappa shape index (κ1) is 28.6. The van der Waals surface area contributed by atoms with Crippen LogP contribution in [-0.4, -0.2) is 35.4 Å². The quantitative estimate of drug-likeness (QED) is 0.134. The highest BCUT2D eigenvalue weighted by Gasteiger charge is 2.20. The summed E-state index contributed by atoms with van der Waals surface area (Å²) in [5.74, 6) is 6.90. The second kappa shape index (κ2) is 14.7. The van der Waals surface area contributed by atoms with Crippen molar-refractivity contribution in [2.75, 3.05) is 13.6 Å². The number of rotatable bonds is 8. The Kier molecular flexibility index (Phi) is 11.0. The van der Waals surface area contributed by atoms with E-state index in [0.29, 0.717) is 11.4 Å². The van der Waals surface area contributed by atoms with Gasteiger partial charge in [0.25, 0.3) is 0 Å². The van der Waals surface area contributed by atoms with Gasteiger partial charge in [-0.1, -0.05) is 55.5 Å². The average Bonchev–Trinajstić information content (AvgIpc) is 3.66. The number of amidine groups is 1. The number of H-pyrrole nitrogens is 1. The molecule has 1 fully saturated rings. The van der Waals surface area contributed by atoms with Crippen molar-refractivity contribution >= 4 is 5.84 Å². The van der Waals surface area contributed by atoms with Gasteiger partial charge in [-0.2, -0.15) is 0 Å². The molecule has 7 heteroatoms. The van der Waals surface area contributed by atoms with Gasteiger partial charge in [0, 0.05) is 23.4 Å². The second-order valence-electron chi connectivity index (χ2n) is 8.85. The molecular formula is C31H37FN6. The lowest BCUT2D eigenvalue weighted by Crippen LogP contribution is -2.39. The Morgan fingerprint density at radius 3 is 2.76 bits per heavy atom. The number of hydrogen-bond donors (Lipinski definition) is 4. The third-order valence-electron chi connectivity index (χ3n) is 6.33. The number of hydrogen-bond acceptors (Lipinski definition) is 4. The van der Waals surface area contributed by atoms with Crippen molar-refractivity contribution in [3.05, 3.63) is 91.3 Å². The molecule has 198 valence electrons. The molecule has 2 heterocycles. The molecule has 0 bridgehead atoms. The summed E-state index contributed by atoms with van der Waals surface area (Å²) in [4.78, 5) is 12.2. The van der Waals surface area contributed by atoms with Gasteiger partial charge in [0.05, 0.1) is 29.5 Å². The fourth-order valence-corrected chi connectivity index (χ4v) is 4.41. The summed E-state index contributed by atoms with van der Waals surface area (Å²) in [6.07, 6.45) is 8.98. The van der Waals surface area contributed by atoms with Crippen LogP contribution in [0.3, 0.4) is 0 Å². The predicted octanol–water partition coefficient (Wildman–Crippen LogP) is 5.72. The number of nitrogens with two attached hydrogens (primary N) is 1. The summed E-state index contributed by atoms with van der Waals surface area (Å²) >= 11 is 0. The Hall–Kier alpha value is -3.99. The highest BCUT2D eigenvalue weighted by atomic mass is 19.1. The topological polar surface area (TPSA) is 91.1 Å². The Balaban J connectivity index is 0.00000195. The van der Waals surface area contributed by atoms with E-state index in [4.69, 9.17) is 5.73 Å². The van der Waals surface area contributed by atoms with Crippen molar-refractivity contribution in [1.29, 1.82) is 0 Å². The van der Waals surface area contributed by atoms with E-state index in [1.807, 2.05) is 43.4 Å². The van der Waals surface area contributed by atoms with Crippen LogP contribution in [0.15, 0.2) is 79.1 Å². The maximum absolute atomic E-state index is 15.4. The summed E-state index contributed by atoms with van der Waals surface area (Å²) in [6.45, 7) is 9.09. The molecule has 0 amide bonds. The van der Waals surface area contributed by atoms with Crippen molar-refractivity contribution in [2.24, 2.45) is 10.7 Å². The largest absolute Gasteiger partial charge is 0.386 e. The number of halogens is 1. The third kappa shape index (κ3) is 7.28. The third-order valence-corrected chi connectivity index (χ3v) is 6.33. The number of likely N-dealkylation sites (N-methyl/N-ethyl adjacent to an activating group) is 1. The van der Waals surface area contributed by atoms with Crippen LogP contribution in [0, 0.1) is 17.7 Å². The number of aliphatic imine (C=N–C) groups is 1. The maximum atomic E-state index is 15.4. The van der Waals surface area contributed by atoms with Gasteiger partial charge in [0.2, 0.25) is 0 Å². The van der Waals surface area contributed by atoms with E-state index in [-0.39, 0.29) is 17.9 Å². The molecule has 1 unspecified atom stereocenters. The van der Waals surface area contributed by atoms with Gasteiger partial charge >= 0.3 is 0 Å². The minimum absolute atomic E-state index is 0.0229. The number of nitrogens with zero attached hydrogens (tertiary/aromatic N) is 2. The molecule has 0 saturated carbocycles. The van der Waals surface area contributed by atoms with Gasteiger partial charge in [-0.3, -0.25) is 0 Å². The fourth-order valence-electron chi connectivity index (χ4n) is 4.41. The molecule has 0 spiro atoms. The zero-order chi connectivity index (χ0) is 27.3. The number of aromatic nitrogens is 2. The van der Waals surface area contributed by atoms with Crippen LogP contribution in [0.5, 0.6) is 0 Å². The molecule has 2 aromatic carbocycles. The van der Waals surface area contributed by atoms with Crippen molar-refractivity contribution in [3.8, 4) is 34.2 Å². The van der Waals surface area contributed by atoms with Gasteiger partial charge in [0.15, 0.2) is 0 Å². The van der Waals surface area contributed by atoms with Crippen LogP contribution in [0.2, 0.25) is 0 Å². The lowest BCUT2D eigenvalue weighted by Gasteiger charge is -2.13. The molecule has 1 aliphatic rings. The van der Waals surface area contributed by atoms with E-state index in [0.717, 1.165) is 60.4 Å². The van der Waals surface area contributed by atoms with Crippen molar-refractivity contribution in [3.63, 3.8) is 0 Å². The van der Waals surface area contributed by atoms with Gasteiger partial charge < -0.3 is 21.4 Å². The lowest BCUT2D eigenvalue weighted by molar-refractivity contribution is 0.612. The van der Waals surface area contributed by atoms with Crippen molar-refractivity contribution < 1.29 is 4.39 Å². The smallest absolute Gasteiger partial charge is 0.140 e. The van der Waals surface area contributed by atoms with E-state index >= 15 is 4.39 Å². The SMILES string of the molecule is C=C.CCCC(NC)C(N)=N/C=C/C#Cc1c(F)cc(-c2cnc([C@@H]3CCCN3)[nH]2)cc1-c1ccccc1. The number of nitrogens with one attached hydrogen (secondary N) is 3. The van der Waals surface area contributed by atoms with E-state index in [1.165, 1.54) is 6.07 Å². The number of imidazole rings is 1. The van der Waals surface area contributed by atoms with Gasteiger partial charge in [-0.05, 0) is 50.6 Å². The Morgan fingerprint density at radius 2 is 2.08 bits per heavy atom. The summed E-state index contributed by atoms with van der Waals surface area (Å²) < 4.78 is 15.4. The van der Waals surface area contributed by atoms with E-state index in [2.05, 4.69) is 57.5 Å². The first-order valence-electron chi connectivity index (χ1n) is 12.9. The second-order valence-corrected chi connectivity index (χ2v) is 8.85. The molecule has 2 atom stereocenters. The van der Waals surface area contributed by atoms with Crippen molar-refractivity contribution in [1.82, 2.24) is 20.6 Å². The minimum Gasteiger partial charge on any atom is -0.386 e. The molecule has 4 rings (SSSR count). The lowest BCUT2D eigenvalue weighted by atomic mass is 9.96. The Bertz CT molecular complexity index is 1290. The van der Waals surface area contributed by atoms with E-state index in [1.54, 1.807) is 18.5 Å². The first-order valence-corrected chi connectivity index (χ1v) is 12.9. The highest BCUT2D eigenvalue weighted by molar-refractivity contribution is 5.86. The zero-order valence-corrected chi connectivity index (χ0v) is 22.2. The summed E-state index contributed by atoms with van der Waals surface area (Å²) in [5.41, 5.74) is 9.53. The molecular weight excluding hydrogens is 475 g/mol. The molecule has 0 radical (unpaired) electrons. The predicted molar refractivity (Wildman–Crippen MR) is 156 cm³/mol. The minimum atomic E-state index is -0.386. The van der Waals surface area contributed by atoms with E-state index < -0.39 is 0 Å². The monoisotopic (exact) mass is 512 g/mol. The van der Waals surface area contributed by atoms with Crippen LogP contribution in [0.1, 0.15) is 50.0 Å². The molecule has 1 aliphatic heterocycles. The molecule has 3 aromatic rings. The van der Waals surface area contributed by atoms with E-state index in [9.17, 15) is 0 Å². The molecule has 6 nitrogen and oxygen atoms in total. The summed E-state index contributed by atoms with van der Waals surface area (Å²) in [7, 11) is 1.86. The summed E-state index contributed by atoms with van der Waals surface area (Å²) in [6, 6.07) is 13.4. The van der Waals surface area contributed by atoms with Crippen LogP contribution >= 0.6 is 0 Å². The van der Waals surface area contributed by atoms with Crippen LogP contribution in [0.4, 0.5) is 4.39 Å². The van der Waals surface area contributed by atoms with Gasteiger partial charge in [0.1, 0.15) is 17.5 Å². The normalized spacial score (nSPS) is 16.0. The average molecular weight is 513 g/mol. The Labute approximate surface area is 225 Å². The first-order chi connectivity index (χ1) is 18.6. The molecule has 5 N–H and O–H groups in total. The number of allylic oxidation sites excluding steroid dienone is 1. The maximum Gasteiger partial charge on any atom is 0.140 e. The highest BCUT2D eigenvalue weighted by Crippen LogP contribution is 2.32. The molecule has 1 saturated heterocycles. The van der Waals surface area contributed by atoms with Gasteiger partial charge in [-0.25, -0.2) is 14.4 Å². The standard InChI is InChI=1S/C29H33FN6.C2H4/c1-3-10-25(32-2)28(31)34-15-8-7-13-22-23(20-11-5-4-6-12-20)17-21(18-24(22)30)27-19-35-29(36-27)26-14-9-16-33-26;1-2/h4-6,8,11-12,15,17-19,25-26,32-33H,3,9-10,14,16H2,1-2H3,(H2,31,34)(H,35,36);1-2H2/b15-8+;/t25?,26-;/m0./s1. The molecule has 0 aliphatic carbocycles. The van der Waals surface area contributed by atoms with Gasteiger partial charge in [-0.15, -0.1) is 13.2 Å². The van der Waals surface area contributed by atoms with Crippen LogP contribution in [0.25, 0.3) is 22.4 Å². The van der Waals surface area contributed by atoms with Crippen LogP contribution in [-0.2, 0) is 0 Å². The molecule has 1 aromatic heterocycles. The number of benzene rings is 2. The van der Waals surface area contributed by atoms with Crippen molar-refractivity contribution in [2.45, 2.75) is 44.7 Å². The van der Waals surface area contributed by atoms with Crippen LogP contribution < -0.4 is 16.4 Å². The number of aromatic amines is 1. The summed E-state index contributed by atoms with van der Waals surface area (Å²) in [5, 5.41) is 6.59. The zero-order valence-electron chi connectivity index (χ0n) is 22.2. The Morgan fingerprint density at radius 1 is 1.29 bits per heavy atom.